The number of hydrogen-bond acceptors (Lipinski definition) is 3. The van der Waals surface area contributed by atoms with Gasteiger partial charge < -0.3 is 10.5 Å². The van der Waals surface area contributed by atoms with Gasteiger partial charge >= 0.3 is 0 Å². The number of nitrogens with two attached hydrogens (primary N) is 1. The van der Waals surface area contributed by atoms with Crippen molar-refractivity contribution in [3.8, 4) is 0 Å². The zero-order chi connectivity index (χ0) is 14.9. The quantitative estimate of drug-likeness (QED) is 0.863. The third-order valence-corrected chi connectivity index (χ3v) is 5.36. The van der Waals surface area contributed by atoms with Gasteiger partial charge in [0, 0.05) is 25.2 Å². The van der Waals surface area contributed by atoms with Crippen molar-refractivity contribution < 1.29 is 4.74 Å². The molecule has 2 fully saturated rings. The minimum atomic E-state index is 0.343. The third kappa shape index (κ3) is 6.25. The molecule has 1 aliphatic heterocycles. The molecule has 0 amide bonds. The molecule has 3 atom stereocenters. The molecule has 124 valence electrons. The fourth-order valence-corrected chi connectivity index (χ4v) is 3.99. The minimum absolute atomic E-state index is 0.343. The Labute approximate surface area is 131 Å². The van der Waals surface area contributed by atoms with Crippen molar-refractivity contribution in [3.05, 3.63) is 0 Å². The lowest BCUT2D eigenvalue weighted by atomic mass is 9.93. The number of likely N-dealkylation sites (N-methyl/N-ethyl adjacent to an activating group) is 1. The molecule has 0 aromatic rings. The van der Waals surface area contributed by atoms with Gasteiger partial charge in [0.1, 0.15) is 0 Å². The molecule has 3 nitrogen and oxygen atoms in total. The predicted molar refractivity (Wildman–Crippen MR) is 89.5 cm³/mol. The monoisotopic (exact) mass is 296 g/mol. The van der Waals surface area contributed by atoms with Crippen LogP contribution >= 0.6 is 0 Å². The van der Waals surface area contributed by atoms with E-state index in [2.05, 4.69) is 11.9 Å². The molecule has 1 saturated heterocycles. The van der Waals surface area contributed by atoms with Gasteiger partial charge in [0.2, 0.25) is 0 Å². The summed E-state index contributed by atoms with van der Waals surface area (Å²) in [7, 11) is 2.26. The molecular weight excluding hydrogens is 260 g/mol. The van der Waals surface area contributed by atoms with Gasteiger partial charge in [-0.25, -0.2) is 0 Å². The fourth-order valence-electron chi connectivity index (χ4n) is 3.99. The lowest BCUT2D eigenvalue weighted by Gasteiger charge is -2.34. The maximum absolute atomic E-state index is 6.55. The first-order valence-corrected chi connectivity index (χ1v) is 9.35. The van der Waals surface area contributed by atoms with Crippen molar-refractivity contribution in [2.24, 2.45) is 5.73 Å². The molecule has 2 N–H and O–H groups in total. The number of rotatable bonds is 3. The van der Waals surface area contributed by atoms with E-state index in [-0.39, 0.29) is 0 Å². The normalized spacial score (nSPS) is 33.6. The number of ether oxygens (including phenoxy) is 1. The molecular formula is C18H36N2O. The van der Waals surface area contributed by atoms with Gasteiger partial charge in [-0.15, -0.1) is 0 Å². The highest BCUT2D eigenvalue weighted by molar-refractivity contribution is 4.83. The Kier molecular flexibility index (Phi) is 8.05. The van der Waals surface area contributed by atoms with E-state index in [4.69, 9.17) is 10.5 Å². The van der Waals surface area contributed by atoms with Gasteiger partial charge in [-0.1, -0.05) is 51.4 Å². The minimum Gasteiger partial charge on any atom is -0.377 e. The highest BCUT2D eigenvalue weighted by Gasteiger charge is 2.25. The largest absolute Gasteiger partial charge is 0.377 e. The zero-order valence-corrected chi connectivity index (χ0v) is 14.1. The van der Waals surface area contributed by atoms with Crippen LogP contribution in [0.15, 0.2) is 0 Å². The molecule has 2 rings (SSSR count). The molecule has 1 aliphatic carbocycles. The highest BCUT2D eigenvalue weighted by atomic mass is 16.5. The van der Waals surface area contributed by atoms with E-state index in [1.54, 1.807) is 0 Å². The van der Waals surface area contributed by atoms with E-state index in [0.717, 1.165) is 13.2 Å². The van der Waals surface area contributed by atoms with Crippen LogP contribution in [0.4, 0.5) is 0 Å². The van der Waals surface area contributed by atoms with Gasteiger partial charge in [-0.05, 0) is 32.7 Å². The fraction of sp³-hybridized carbons (Fsp3) is 1.00. The van der Waals surface area contributed by atoms with E-state index in [1.165, 1.54) is 77.0 Å². The van der Waals surface area contributed by atoms with Crippen LogP contribution in [0.1, 0.15) is 77.0 Å². The Bertz CT molecular complexity index is 266. The molecule has 0 bridgehead atoms. The van der Waals surface area contributed by atoms with Crippen LogP contribution in [0, 0.1) is 0 Å². The van der Waals surface area contributed by atoms with Crippen molar-refractivity contribution in [2.45, 2.75) is 95.2 Å². The van der Waals surface area contributed by atoms with E-state index in [0.29, 0.717) is 18.2 Å². The average molecular weight is 296 g/mol. The second-order valence-corrected chi connectivity index (χ2v) is 7.21. The van der Waals surface area contributed by atoms with Gasteiger partial charge in [-0.3, -0.25) is 4.90 Å². The van der Waals surface area contributed by atoms with E-state index in [1.807, 2.05) is 0 Å². The molecule has 0 aromatic carbocycles. The summed E-state index contributed by atoms with van der Waals surface area (Å²) >= 11 is 0. The third-order valence-electron chi connectivity index (χ3n) is 5.36. The number of nitrogens with zero attached hydrogens (tertiary/aromatic N) is 1. The molecule has 0 radical (unpaired) electrons. The summed E-state index contributed by atoms with van der Waals surface area (Å²) in [5, 5.41) is 0. The predicted octanol–water partition coefficient (Wildman–Crippen LogP) is 3.71. The zero-order valence-electron chi connectivity index (χ0n) is 14.1. The molecule has 1 saturated carbocycles. The SMILES string of the molecule is CN(CC1CCCO1)C1CCCCCCCCCCC1N. The summed E-state index contributed by atoms with van der Waals surface area (Å²) in [6.45, 7) is 2.02. The first-order valence-electron chi connectivity index (χ1n) is 9.35. The molecule has 0 aromatic heterocycles. The van der Waals surface area contributed by atoms with Crippen LogP contribution in [-0.4, -0.2) is 43.3 Å². The van der Waals surface area contributed by atoms with E-state index < -0.39 is 0 Å². The Balaban J connectivity index is 1.83. The maximum atomic E-state index is 6.55. The highest BCUT2D eigenvalue weighted by Crippen LogP contribution is 2.21. The molecule has 2 aliphatic rings. The first-order chi connectivity index (χ1) is 10.3. The van der Waals surface area contributed by atoms with Crippen molar-refractivity contribution in [1.82, 2.24) is 4.90 Å². The van der Waals surface area contributed by atoms with Crippen molar-refractivity contribution in [3.63, 3.8) is 0 Å². The van der Waals surface area contributed by atoms with Crippen LogP contribution in [0.3, 0.4) is 0 Å². The van der Waals surface area contributed by atoms with Crippen molar-refractivity contribution in [2.75, 3.05) is 20.2 Å². The van der Waals surface area contributed by atoms with Crippen LogP contribution < -0.4 is 5.73 Å². The van der Waals surface area contributed by atoms with Gasteiger partial charge in [0.25, 0.3) is 0 Å². The first kappa shape index (κ1) is 17.2. The van der Waals surface area contributed by atoms with Gasteiger partial charge in [0.15, 0.2) is 0 Å². The topological polar surface area (TPSA) is 38.5 Å². The standard InChI is InChI=1S/C18H36N2O/c1-20(15-16-11-10-14-21-16)18-13-9-7-5-3-2-4-6-8-12-17(18)19/h16-18H,2-15,19H2,1H3. The van der Waals surface area contributed by atoms with E-state index in [9.17, 15) is 0 Å². The van der Waals surface area contributed by atoms with Gasteiger partial charge in [0.05, 0.1) is 6.10 Å². The smallest absolute Gasteiger partial charge is 0.0702 e. The summed E-state index contributed by atoms with van der Waals surface area (Å²) in [5.74, 6) is 0. The average Bonchev–Trinajstić information content (AvgIpc) is 2.95. The lowest BCUT2D eigenvalue weighted by molar-refractivity contribution is 0.0601. The number of hydrogen-bond donors (Lipinski definition) is 1. The van der Waals surface area contributed by atoms with Crippen LogP contribution in [0.2, 0.25) is 0 Å². The van der Waals surface area contributed by atoms with Crippen LogP contribution in [-0.2, 0) is 4.74 Å². The Morgan fingerprint density at radius 1 is 0.857 bits per heavy atom. The molecule has 3 unspecified atom stereocenters. The Morgan fingerprint density at radius 3 is 2.10 bits per heavy atom. The summed E-state index contributed by atoms with van der Waals surface area (Å²) in [6.07, 6.45) is 16.5. The molecule has 1 heterocycles. The van der Waals surface area contributed by atoms with E-state index >= 15 is 0 Å². The molecule has 21 heavy (non-hydrogen) atoms. The summed E-state index contributed by atoms with van der Waals surface area (Å²) in [5.41, 5.74) is 6.55. The maximum Gasteiger partial charge on any atom is 0.0702 e. The Morgan fingerprint density at radius 2 is 1.48 bits per heavy atom. The second-order valence-electron chi connectivity index (χ2n) is 7.21. The summed E-state index contributed by atoms with van der Waals surface area (Å²) in [4.78, 5) is 2.51. The van der Waals surface area contributed by atoms with Crippen LogP contribution in [0.5, 0.6) is 0 Å². The molecule has 0 spiro atoms. The molecule has 3 heteroatoms. The lowest BCUT2D eigenvalue weighted by Crippen LogP contribution is -2.48. The second kappa shape index (κ2) is 9.81. The summed E-state index contributed by atoms with van der Waals surface area (Å²) in [6, 6.07) is 0.893. The summed E-state index contributed by atoms with van der Waals surface area (Å²) < 4.78 is 5.80. The Hall–Kier alpha value is -0.120. The van der Waals surface area contributed by atoms with Crippen LogP contribution in [0.25, 0.3) is 0 Å². The van der Waals surface area contributed by atoms with Gasteiger partial charge in [-0.2, -0.15) is 0 Å². The van der Waals surface area contributed by atoms with Crippen molar-refractivity contribution >= 4 is 0 Å². The van der Waals surface area contributed by atoms with Crippen molar-refractivity contribution in [1.29, 1.82) is 0 Å².